The lowest BCUT2D eigenvalue weighted by atomic mass is 10.0. The molecule has 0 fully saturated rings. The van der Waals surface area contributed by atoms with Crippen molar-refractivity contribution >= 4 is 6.09 Å². The molecule has 2 aromatic heterocycles. The van der Waals surface area contributed by atoms with E-state index in [0.29, 0.717) is 12.4 Å². The number of hydrogen-bond acceptors (Lipinski definition) is 5. The lowest BCUT2D eigenvalue weighted by Crippen LogP contribution is -2.47. The van der Waals surface area contributed by atoms with Gasteiger partial charge >= 0.3 is 17.3 Å². The van der Waals surface area contributed by atoms with Gasteiger partial charge < -0.3 is 14.8 Å². The molecule has 9 nitrogen and oxygen atoms in total. The first kappa shape index (κ1) is 36.3. The highest BCUT2D eigenvalue weighted by atomic mass is 16.6. The highest BCUT2D eigenvalue weighted by Crippen LogP contribution is 2.13. The fraction of sp³-hybridized carbons (Fsp3) is 0.706. The number of nitrogens with one attached hydrogen (secondary N) is 1. The van der Waals surface area contributed by atoms with Crippen molar-refractivity contribution in [1.29, 1.82) is 0 Å². The Bertz CT molecular complexity index is 1160. The van der Waals surface area contributed by atoms with E-state index in [2.05, 4.69) is 12.2 Å². The van der Waals surface area contributed by atoms with E-state index < -0.39 is 23.4 Å². The van der Waals surface area contributed by atoms with Crippen LogP contribution in [0.3, 0.4) is 0 Å². The summed E-state index contributed by atoms with van der Waals surface area (Å²) in [6.07, 6.45) is 23.2. The Balaban J connectivity index is 1.57. The van der Waals surface area contributed by atoms with E-state index in [-0.39, 0.29) is 13.2 Å². The topological polar surface area (TPSA) is 95.4 Å². The number of amides is 1. The van der Waals surface area contributed by atoms with E-state index in [9.17, 15) is 14.4 Å². The van der Waals surface area contributed by atoms with Crippen molar-refractivity contribution in [2.24, 2.45) is 7.05 Å². The molecule has 2 aromatic rings. The van der Waals surface area contributed by atoms with Crippen molar-refractivity contribution in [1.82, 2.24) is 14.5 Å². The van der Waals surface area contributed by atoms with Crippen LogP contribution in [0.1, 0.15) is 115 Å². The Hall–Kier alpha value is -2.94. The van der Waals surface area contributed by atoms with Crippen LogP contribution in [0.2, 0.25) is 0 Å². The van der Waals surface area contributed by atoms with E-state index in [1.54, 1.807) is 17.8 Å². The number of alkyl carbamates (subject to hydrolysis) is 1. The minimum absolute atomic E-state index is 0.00893. The number of nitrogens with zero attached hydrogens (tertiary/aromatic N) is 3. The van der Waals surface area contributed by atoms with Crippen LogP contribution in [0.25, 0.3) is 5.82 Å². The largest absolute Gasteiger partial charge is 0.447 e. The van der Waals surface area contributed by atoms with Crippen LogP contribution in [0, 0.1) is 6.92 Å². The molecule has 0 aliphatic heterocycles. The van der Waals surface area contributed by atoms with Crippen LogP contribution in [-0.4, -0.2) is 41.6 Å². The van der Waals surface area contributed by atoms with Crippen molar-refractivity contribution in [3.8, 4) is 5.82 Å². The predicted octanol–water partition coefficient (Wildman–Crippen LogP) is 6.13. The summed E-state index contributed by atoms with van der Waals surface area (Å²) in [7, 11) is 3.29. The van der Waals surface area contributed by atoms with Gasteiger partial charge in [0.05, 0.1) is 19.8 Å². The lowest BCUT2D eigenvalue weighted by molar-refractivity contribution is -0.666. The molecule has 2 heterocycles. The van der Waals surface area contributed by atoms with E-state index in [0.717, 1.165) is 23.0 Å². The maximum atomic E-state index is 13.2. The molecule has 1 N–H and O–H groups in total. The van der Waals surface area contributed by atoms with Gasteiger partial charge in [-0.3, -0.25) is 4.57 Å². The van der Waals surface area contributed by atoms with Gasteiger partial charge in [0.2, 0.25) is 0 Å². The summed E-state index contributed by atoms with van der Waals surface area (Å²) in [4.78, 5) is 38.0. The van der Waals surface area contributed by atoms with Crippen LogP contribution in [0.4, 0.5) is 4.79 Å². The number of ether oxygens (including phenoxy) is 2. The molecule has 0 saturated heterocycles. The second-order valence-corrected chi connectivity index (χ2v) is 11.7. The molecule has 1 amide bonds. The Kier molecular flexibility index (Phi) is 18.3. The molecule has 0 bridgehead atoms. The quantitative estimate of drug-likeness (QED) is 0.122. The number of carbonyl (C=O) groups excluding carboxylic acids is 1. The van der Waals surface area contributed by atoms with E-state index >= 15 is 0 Å². The maximum Gasteiger partial charge on any atom is 0.423 e. The average Bonchev–Trinajstić information content (AvgIpc) is 2.99. The van der Waals surface area contributed by atoms with Gasteiger partial charge in [-0.2, -0.15) is 0 Å². The SMILES string of the molecule is CCCCCCCCCCCCCCCCCCNC(=O)OCC(Cn1ccc(=O)n(-c2c(C)ccc[n+]2C)c1=O)OC. The average molecular weight is 602 g/mol. The van der Waals surface area contributed by atoms with Gasteiger partial charge in [-0.25, -0.2) is 19.0 Å². The maximum absolute atomic E-state index is 13.2. The number of pyridine rings is 1. The molecular formula is C34H57N4O5+. The predicted molar refractivity (Wildman–Crippen MR) is 172 cm³/mol. The number of hydrogen-bond donors (Lipinski definition) is 1. The molecule has 1 unspecified atom stereocenters. The zero-order chi connectivity index (χ0) is 31.3. The summed E-state index contributed by atoms with van der Waals surface area (Å²) in [5.41, 5.74) is -0.0909. The summed E-state index contributed by atoms with van der Waals surface area (Å²) < 4.78 is 15.1. The first-order chi connectivity index (χ1) is 20.9. The minimum atomic E-state index is -0.546. The van der Waals surface area contributed by atoms with E-state index in [1.807, 2.05) is 19.1 Å². The van der Waals surface area contributed by atoms with Gasteiger partial charge in [0.15, 0.2) is 0 Å². The third-order valence-corrected chi connectivity index (χ3v) is 8.04. The molecule has 43 heavy (non-hydrogen) atoms. The van der Waals surface area contributed by atoms with Gasteiger partial charge in [-0.1, -0.05) is 103 Å². The Morgan fingerprint density at radius 3 is 1.98 bits per heavy atom. The molecule has 0 radical (unpaired) electrons. The van der Waals surface area contributed by atoms with Crippen molar-refractivity contribution in [2.45, 2.75) is 129 Å². The number of carbonyl (C=O) groups is 1. The van der Waals surface area contributed by atoms with E-state index in [1.165, 1.54) is 114 Å². The number of aryl methyl sites for hydroxylation is 2. The molecule has 2 rings (SSSR count). The van der Waals surface area contributed by atoms with Crippen LogP contribution in [0.5, 0.6) is 0 Å². The van der Waals surface area contributed by atoms with Gasteiger partial charge in [-0.05, 0) is 25.5 Å². The first-order valence-corrected chi connectivity index (χ1v) is 16.6. The smallest absolute Gasteiger partial charge is 0.423 e. The van der Waals surface area contributed by atoms with Crippen LogP contribution in [-0.2, 0) is 23.1 Å². The zero-order valence-corrected chi connectivity index (χ0v) is 27.3. The van der Waals surface area contributed by atoms with Crippen molar-refractivity contribution < 1.29 is 18.8 Å². The normalized spacial score (nSPS) is 11.9. The summed E-state index contributed by atoms with van der Waals surface area (Å²) in [5, 5.41) is 2.80. The monoisotopic (exact) mass is 601 g/mol. The molecule has 1 atom stereocenters. The minimum Gasteiger partial charge on any atom is -0.447 e. The summed E-state index contributed by atoms with van der Waals surface area (Å²) in [5.74, 6) is 0.505. The summed E-state index contributed by atoms with van der Waals surface area (Å²) in [6, 6.07) is 5.06. The fourth-order valence-corrected chi connectivity index (χ4v) is 5.42. The molecule has 0 aliphatic rings. The summed E-state index contributed by atoms with van der Waals surface area (Å²) >= 11 is 0. The molecule has 0 spiro atoms. The Morgan fingerprint density at radius 2 is 1.44 bits per heavy atom. The van der Waals surface area contributed by atoms with Gasteiger partial charge in [-0.15, -0.1) is 4.57 Å². The van der Waals surface area contributed by atoms with Crippen molar-refractivity contribution in [3.05, 3.63) is 57.0 Å². The molecule has 0 aliphatic carbocycles. The Labute approximate surface area is 258 Å². The fourth-order valence-electron chi connectivity index (χ4n) is 5.42. The van der Waals surface area contributed by atoms with Crippen LogP contribution >= 0.6 is 0 Å². The highest BCUT2D eigenvalue weighted by molar-refractivity contribution is 5.67. The second-order valence-electron chi connectivity index (χ2n) is 11.7. The van der Waals surface area contributed by atoms with Crippen LogP contribution < -0.4 is 21.1 Å². The third-order valence-electron chi connectivity index (χ3n) is 8.04. The number of methoxy groups -OCH3 is 1. The number of aromatic nitrogens is 3. The molecule has 9 heteroatoms. The van der Waals surface area contributed by atoms with Gasteiger partial charge in [0.25, 0.3) is 5.82 Å². The summed E-state index contributed by atoms with van der Waals surface area (Å²) in [6.45, 7) is 4.82. The lowest BCUT2D eigenvalue weighted by Gasteiger charge is -2.17. The third kappa shape index (κ3) is 13.9. The van der Waals surface area contributed by atoms with Gasteiger partial charge in [0, 0.05) is 31.5 Å². The van der Waals surface area contributed by atoms with E-state index in [4.69, 9.17) is 9.47 Å². The number of unbranched alkanes of at least 4 members (excludes halogenated alkanes) is 15. The molecule has 0 saturated carbocycles. The molecule has 242 valence electrons. The highest BCUT2D eigenvalue weighted by Gasteiger charge is 2.22. The van der Waals surface area contributed by atoms with Crippen LogP contribution in [0.15, 0.2) is 40.2 Å². The van der Waals surface area contributed by atoms with Crippen molar-refractivity contribution in [2.75, 3.05) is 20.3 Å². The Morgan fingerprint density at radius 1 is 0.884 bits per heavy atom. The first-order valence-electron chi connectivity index (χ1n) is 16.6. The number of rotatable bonds is 23. The molecular weight excluding hydrogens is 544 g/mol. The van der Waals surface area contributed by atoms with Gasteiger partial charge in [0.1, 0.15) is 12.7 Å². The molecule has 0 aromatic carbocycles. The second kappa shape index (κ2) is 21.7. The zero-order valence-electron chi connectivity index (χ0n) is 27.3. The van der Waals surface area contributed by atoms with Crippen molar-refractivity contribution in [3.63, 3.8) is 0 Å². The standard InChI is InChI=1S/C34H56N4O5/c1-5-6-7-8-9-10-11-12-13-14-15-16-17-18-19-20-24-35-33(40)43-28-30(42-4)27-37-26-23-31(39)38(34(37)41)32-29(2)22-21-25-36(32)3/h21-23,25-26,30H,5-20,24,27-28H2,1-4H3/p+1.